The lowest BCUT2D eigenvalue weighted by molar-refractivity contribution is 0.392. The third kappa shape index (κ3) is 1.90. The average Bonchev–Trinajstić information content (AvgIpc) is 2.58. The Bertz CT molecular complexity index is 944. The summed E-state index contributed by atoms with van der Waals surface area (Å²) in [5.74, 6) is 3.38. The Balaban J connectivity index is 1.63. The molecule has 0 spiro atoms. The van der Waals surface area contributed by atoms with Gasteiger partial charge >= 0.3 is 0 Å². The van der Waals surface area contributed by atoms with Crippen molar-refractivity contribution in [2.45, 2.75) is 12.8 Å². The van der Waals surface area contributed by atoms with Crippen LogP contribution in [-0.4, -0.2) is 5.11 Å². The van der Waals surface area contributed by atoms with Crippen LogP contribution in [0.15, 0.2) is 54.6 Å². The van der Waals surface area contributed by atoms with Crippen molar-refractivity contribution in [2.24, 2.45) is 0 Å². The van der Waals surface area contributed by atoms with Gasteiger partial charge in [0.15, 0.2) is 11.5 Å². The van der Waals surface area contributed by atoms with Gasteiger partial charge in [-0.2, -0.15) is 0 Å². The van der Waals surface area contributed by atoms with Gasteiger partial charge in [0.05, 0.1) is 0 Å². The van der Waals surface area contributed by atoms with E-state index < -0.39 is 0 Å². The Morgan fingerprint density at radius 1 is 0.652 bits per heavy atom. The summed E-state index contributed by atoms with van der Waals surface area (Å²) in [6.45, 7) is 0. The predicted molar refractivity (Wildman–Crippen MR) is 86.8 cm³/mol. The standard InChI is InChI=1S/C20H14O3/c21-16-8-7-13-10-15-6-5-14-9-12-3-1-2-4-17(12)22-19(14)20(15)23-18(13)11-16/h1-8,11,21H,9-10H2. The lowest BCUT2D eigenvalue weighted by Gasteiger charge is -2.27. The van der Waals surface area contributed by atoms with Crippen LogP contribution in [0.1, 0.15) is 22.3 Å². The molecule has 0 amide bonds. The summed E-state index contributed by atoms with van der Waals surface area (Å²) in [7, 11) is 0. The molecule has 2 aliphatic heterocycles. The first-order chi connectivity index (χ1) is 11.3. The maximum absolute atomic E-state index is 9.69. The molecule has 5 rings (SSSR count). The highest BCUT2D eigenvalue weighted by atomic mass is 16.5. The lowest BCUT2D eigenvalue weighted by atomic mass is 9.94. The van der Waals surface area contributed by atoms with E-state index >= 15 is 0 Å². The molecule has 0 aliphatic carbocycles. The Hall–Kier alpha value is -2.94. The molecular weight excluding hydrogens is 288 g/mol. The van der Waals surface area contributed by atoms with Gasteiger partial charge in [0, 0.05) is 30.0 Å². The summed E-state index contributed by atoms with van der Waals surface area (Å²) in [5, 5.41) is 9.69. The number of aromatic hydroxyl groups is 1. The van der Waals surface area contributed by atoms with Gasteiger partial charge in [-0.3, -0.25) is 0 Å². The number of hydrogen-bond acceptors (Lipinski definition) is 3. The van der Waals surface area contributed by atoms with Crippen LogP contribution < -0.4 is 9.47 Å². The van der Waals surface area contributed by atoms with E-state index in [4.69, 9.17) is 9.47 Å². The van der Waals surface area contributed by atoms with Crippen LogP contribution in [0.5, 0.6) is 28.7 Å². The van der Waals surface area contributed by atoms with Crippen LogP contribution in [0.4, 0.5) is 0 Å². The number of rotatable bonds is 0. The van der Waals surface area contributed by atoms with Crippen molar-refractivity contribution >= 4 is 0 Å². The van der Waals surface area contributed by atoms with E-state index in [9.17, 15) is 5.11 Å². The van der Waals surface area contributed by atoms with Gasteiger partial charge in [-0.1, -0.05) is 36.4 Å². The SMILES string of the molecule is Oc1ccc2c(c1)Oc1c(ccc3c1Oc1ccccc1C3)C2. The smallest absolute Gasteiger partial charge is 0.173 e. The molecule has 3 nitrogen and oxygen atoms in total. The monoisotopic (exact) mass is 302 g/mol. The van der Waals surface area contributed by atoms with Crippen LogP contribution in [0, 0.1) is 0 Å². The molecule has 3 aromatic rings. The fourth-order valence-corrected chi connectivity index (χ4v) is 3.31. The zero-order valence-electron chi connectivity index (χ0n) is 12.4. The van der Waals surface area contributed by atoms with E-state index in [1.807, 2.05) is 24.3 Å². The molecule has 3 heteroatoms. The number of benzene rings is 3. The van der Waals surface area contributed by atoms with Crippen molar-refractivity contribution < 1.29 is 14.6 Å². The van der Waals surface area contributed by atoms with E-state index in [1.165, 1.54) is 5.56 Å². The first-order valence-corrected chi connectivity index (χ1v) is 7.68. The minimum atomic E-state index is 0.211. The predicted octanol–water partition coefficient (Wildman–Crippen LogP) is 4.79. The second kappa shape index (κ2) is 4.53. The van der Waals surface area contributed by atoms with Crippen molar-refractivity contribution in [1.82, 2.24) is 0 Å². The number of phenols is 1. The average molecular weight is 302 g/mol. The first-order valence-electron chi connectivity index (χ1n) is 7.68. The summed E-state index contributed by atoms with van der Waals surface area (Å²) >= 11 is 0. The van der Waals surface area contributed by atoms with E-state index in [1.54, 1.807) is 12.1 Å². The third-order valence-corrected chi connectivity index (χ3v) is 4.48. The molecular formula is C20H14O3. The maximum Gasteiger partial charge on any atom is 0.173 e. The quantitative estimate of drug-likeness (QED) is 0.447. The molecule has 3 aromatic carbocycles. The molecule has 0 unspecified atom stereocenters. The summed E-state index contributed by atoms with van der Waals surface area (Å²) in [5.41, 5.74) is 4.51. The second-order valence-electron chi connectivity index (χ2n) is 6.00. The van der Waals surface area contributed by atoms with Crippen molar-refractivity contribution in [1.29, 1.82) is 0 Å². The maximum atomic E-state index is 9.69. The van der Waals surface area contributed by atoms with Crippen LogP contribution in [0.2, 0.25) is 0 Å². The summed E-state index contributed by atoms with van der Waals surface area (Å²) in [4.78, 5) is 0. The van der Waals surface area contributed by atoms with E-state index in [0.29, 0.717) is 5.75 Å². The fourth-order valence-electron chi connectivity index (χ4n) is 3.31. The molecule has 0 fully saturated rings. The topological polar surface area (TPSA) is 38.7 Å². The molecule has 0 atom stereocenters. The number of ether oxygens (including phenoxy) is 2. The van der Waals surface area contributed by atoms with Crippen molar-refractivity contribution in [3.8, 4) is 28.7 Å². The van der Waals surface area contributed by atoms with E-state index in [-0.39, 0.29) is 5.75 Å². The van der Waals surface area contributed by atoms with Gasteiger partial charge in [-0.05, 0) is 23.3 Å². The van der Waals surface area contributed by atoms with Gasteiger partial charge in [0.2, 0.25) is 0 Å². The molecule has 0 saturated carbocycles. The second-order valence-corrected chi connectivity index (χ2v) is 6.00. The summed E-state index contributed by atoms with van der Waals surface area (Å²) < 4.78 is 12.2. The number of para-hydroxylation sites is 1. The number of fused-ring (bicyclic) bond motifs is 5. The van der Waals surface area contributed by atoms with E-state index in [2.05, 4.69) is 18.2 Å². The van der Waals surface area contributed by atoms with E-state index in [0.717, 1.165) is 46.8 Å². The molecule has 112 valence electrons. The Labute approximate surface area is 133 Å². The highest BCUT2D eigenvalue weighted by molar-refractivity contribution is 5.63. The fraction of sp³-hybridized carbons (Fsp3) is 0.100. The number of hydrogen-bond donors (Lipinski definition) is 1. The summed E-state index contributed by atoms with van der Waals surface area (Å²) in [6, 6.07) is 17.6. The minimum Gasteiger partial charge on any atom is -0.508 e. The molecule has 0 radical (unpaired) electrons. The van der Waals surface area contributed by atoms with Crippen molar-refractivity contribution in [2.75, 3.05) is 0 Å². The normalized spacial score (nSPS) is 13.7. The first kappa shape index (κ1) is 12.6. The lowest BCUT2D eigenvalue weighted by Crippen LogP contribution is -2.09. The molecule has 0 saturated heterocycles. The molecule has 1 N–H and O–H groups in total. The van der Waals surface area contributed by atoms with Crippen LogP contribution in [-0.2, 0) is 12.8 Å². The van der Waals surface area contributed by atoms with Crippen molar-refractivity contribution in [3.63, 3.8) is 0 Å². The highest BCUT2D eigenvalue weighted by Crippen LogP contribution is 2.49. The van der Waals surface area contributed by atoms with Gasteiger partial charge < -0.3 is 14.6 Å². The molecule has 0 bridgehead atoms. The van der Waals surface area contributed by atoms with Gasteiger partial charge in [-0.25, -0.2) is 0 Å². The molecule has 0 aromatic heterocycles. The molecule has 23 heavy (non-hydrogen) atoms. The zero-order valence-corrected chi connectivity index (χ0v) is 12.4. The third-order valence-electron chi connectivity index (χ3n) is 4.48. The number of phenolic OH excluding ortho intramolecular Hbond substituents is 1. The highest BCUT2D eigenvalue weighted by Gasteiger charge is 2.27. The minimum absolute atomic E-state index is 0.211. The van der Waals surface area contributed by atoms with Crippen LogP contribution in [0.3, 0.4) is 0 Å². The summed E-state index contributed by atoms with van der Waals surface area (Å²) in [6.07, 6.45) is 1.62. The molecule has 2 heterocycles. The Morgan fingerprint density at radius 2 is 1.26 bits per heavy atom. The van der Waals surface area contributed by atoms with Crippen LogP contribution >= 0.6 is 0 Å². The van der Waals surface area contributed by atoms with Gasteiger partial charge in [-0.15, -0.1) is 0 Å². The largest absolute Gasteiger partial charge is 0.508 e. The molecule has 2 aliphatic rings. The zero-order chi connectivity index (χ0) is 15.4. The Morgan fingerprint density at radius 3 is 2.04 bits per heavy atom. The van der Waals surface area contributed by atoms with Gasteiger partial charge in [0.1, 0.15) is 17.2 Å². The van der Waals surface area contributed by atoms with Gasteiger partial charge in [0.25, 0.3) is 0 Å². The van der Waals surface area contributed by atoms with Crippen LogP contribution in [0.25, 0.3) is 0 Å². The Kier molecular flexibility index (Phi) is 2.48. The van der Waals surface area contributed by atoms with Crippen molar-refractivity contribution in [3.05, 3.63) is 76.9 Å².